The van der Waals surface area contributed by atoms with Crippen molar-refractivity contribution in [1.29, 1.82) is 0 Å². The highest BCUT2D eigenvalue weighted by Crippen LogP contribution is 2.24. The van der Waals surface area contributed by atoms with Crippen LogP contribution in [0.2, 0.25) is 0 Å². The summed E-state index contributed by atoms with van der Waals surface area (Å²) in [4.78, 5) is 13.6. The van der Waals surface area contributed by atoms with Gasteiger partial charge in [-0.15, -0.1) is 12.4 Å². The standard InChI is InChI=1S/C13H18N2O.ClH/c1-9(14)13(16)15(2)12-7-10-5-3-4-6-11(10)8-12;/h3-6,9,12H,7-8,14H2,1-2H3;1H/t9-;/m0./s1. The molecule has 0 aliphatic heterocycles. The lowest BCUT2D eigenvalue weighted by Gasteiger charge is -2.25. The van der Waals surface area contributed by atoms with Gasteiger partial charge in [-0.3, -0.25) is 4.79 Å². The van der Waals surface area contributed by atoms with E-state index in [-0.39, 0.29) is 24.4 Å². The summed E-state index contributed by atoms with van der Waals surface area (Å²) in [6, 6.07) is 8.24. The summed E-state index contributed by atoms with van der Waals surface area (Å²) in [6.07, 6.45) is 1.90. The van der Waals surface area contributed by atoms with E-state index in [2.05, 4.69) is 24.3 Å². The molecule has 0 fully saturated rings. The van der Waals surface area contributed by atoms with Crippen molar-refractivity contribution >= 4 is 18.3 Å². The van der Waals surface area contributed by atoms with E-state index >= 15 is 0 Å². The van der Waals surface area contributed by atoms with Gasteiger partial charge in [-0.2, -0.15) is 0 Å². The Morgan fingerprint density at radius 3 is 2.24 bits per heavy atom. The monoisotopic (exact) mass is 254 g/mol. The zero-order chi connectivity index (χ0) is 11.7. The third-order valence-corrected chi connectivity index (χ3v) is 3.31. The quantitative estimate of drug-likeness (QED) is 0.867. The van der Waals surface area contributed by atoms with Crippen LogP contribution >= 0.6 is 12.4 Å². The second kappa shape index (κ2) is 5.52. The zero-order valence-electron chi connectivity index (χ0n) is 10.2. The van der Waals surface area contributed by atoms with E-state index in [0.717, 1.165) is 12.8 Å². The topological polar surface area (TPSA) is 46.3 Å². The number of carbonyl (C=O) groups is 1. The van der Waals surface area contributed by atoms with Crippen LogP contribution in [0.25, 0.3) is 0 Å². The molecule has 2 rings (SSSR count). The van der Waals surface area contributed by atoms with Crippen molar-refractivity contribution in [3.63, 3.8) is 0 Å². The number of halogens is 1. The average molecular weight is 255 g/mol. The highest BCUT2D eigenvalue weighted by atomic mass is 35.5. The number of carbonyl (C=O) groups excluding carboxylic acids is 1. The Labute approximate surface area is 108 Å². The van der Waals surface area contributed by atoms with E-state index < -0.39 is 6.04 Å². The van der Waals surface area contributed by atoms with Crippen molar-refractivity contribution in [1.82, 2.24) is 4.90 Å². The number of nitrogens with zero attached hydrogens (tertiary/aromatic N) is 1. The first-order valence-electron chi connectivity index (χ1n) is 5.68. The number of rotatable bonds is 2. The summed E-state index contributed by atoms with van der Waals surface area (Å²) in [6.45, 7) is 1.74. The van der Waals surface area contributed by atoms with Crippen molar-refractivity contribution in [2.24, 2.45) is 5.73 Å². The largest absolute Gasteiger partial charge is 0.341 e. The van der Waals surface area contributed by atoms with Crippen LogP contribution in [0.1, 0.15) is 18.1 Å². The molecule has 1 amide bonds. The lowest BCUT2D eigenvalue weighted by molar-refractivity contribution is -0.132. The van der Waals surface area contributed by atoms with Crippen LogP contribution in [0, 0.1) is 0 Å². The molecule has 1 aliphatic carbocycles. The molecule has 0 spiro atoms. The van der Waals surface area contributed by atoms with Crippen molar-refractivity contribution < 1.29 is 4.79 Å². The molecule has 1 aromatic carbocycles. The predicted octanol–water partition coefficient (Wildman–Crippen LogP) is 1.38. The lowest BCUT2D eigenvalue weighted by Crippen LogP contribution is -2.45. The number of likely N-dealkylation sites (N-methyl/N-ethyl adjacent to an activating group) is 1. The Morgan fingerprint density at radius 2 is 1.82 bits per heavy atom. The number of benzene rings is 1. The molecule has 0 bridgehead atoms. The fraction of sp³-hybridized carbons (Fsp3) is 0.462. The number of fused-ring (bicyclic) bond motifs is 1. The van der Waals surface area contributed by atoms with E-state index in [0.29, 0.717) is 0 Å². The van der Waals surface area contributed by atoms with Gasteiger partial charge < -0.3 is 10.6 Å². The third-order valence-electron chi connectivity index (χ3n) is 3.31. The molecule has 2 N–H and O–H groups in total. The highest BCUT2D eigenvalue weighted by molar-refractivity contribution is 5.85. The van der Waals surface area contributed by atoms with Gasteiger partial charge in [0.1, 0.15) is 0 Å². The smallest absolute Gasteiger partial charge is 0.239 e. The van der Waals surface area contributed by atoms with Crippen LogP contribution in [0.4, 0.5) is 0 Å². The van der Waals surface area contributed by atoms with Crippen LogP contribution in [0.3, 0.4) is 0 Å². The second-order valence-electron chi connectivity index (χ2n) is 4.57. The summed E-state index contributed by atoms with van der Waals surface area (Å²) in [5.41, 5.74) is 8.33. The van der Waals surface area contributed by atoms with E-state index in [1.54, 1.807) is 11.8 Å². The maximum Gasteiger partial charge on any atom is 0.239 e. The van der Waals surface area contributed by atoms with Crippen LogP contribution in [-0.2, 0) is 17.6 Å². The van der Waals surface area contributed by atoms with Gasteiger partial charge in [0, 0.05) is 13.1 Å². The Bertz CT molecular complexity index is 381. The minimum absolute atomic E-state index is 0. The molecule has 0 saturated carbocycles. The number of amides is 1. The van der Waals surface area contributed by atoms with Crippen LogP contribution in [-0.4, -0.2) is 29.9 Å². The lowest BCUT2D eigenvalue weighted by atomic mass is 10.1. The summed E-state index contributed by atoms with van der Waals surface area (Å²) >= 11 is 0. The van der Waals surface area contributed by atoms with Gasteiger partial charge in [-0.25, -0.2) is 0 Å². The summed E-state index contributed by atoms with van der Waals surface area (Å²) in [7, 11) is 1.85. The van der Waals surface area contributed by atoms with Gasteiger partial charge >= 0.3 is 0 Å². The Morgan fingerprint density at radius 1 is 1.35 bits per heavy atom. The maximum atomic E-state index is 11.8. The van der Waals surface area contributed by atoms with E-state index in [9.17, 15) is 4.79 Å². The van der Waals surface area contributed by atoms with Gasteiger partial charge in [0.25, 0.3) is 0 Å². The van der Waals surface area contributed by atoms with Crippen molar-refractivity contribution in [2.75, 3.05) is 7.05 Å². The minimum Gasteiger partial charge on any atom is -0.341 e. The molecule has 0 saturated heterocycles. The van der Waals surface area contributed by atoms with Crippen LogP contribution < -0.4 is 5.73 Å². The van der Waals surface area contributed by atoms with Crippen LogP contribution in [0.15, 0.2) is 24.3 Å². The normalized spacial score (nSPS) is 15.9. The zero-order valence-corrected chi connectivity index (χ0v) is 11.0. The molecule has 1 atom stereocenters. The first-order chi connectivity index (χ1) is 7.59. The molecule has 0 radical (unpaired) electrons. The first-order valence-corrected chi connectivity index (χ1v) is 5.68. The molecular weight excluding hydrogens is 236 g/mol. The molecule has 3 nitrogen and oxygen atoms in total. The third kappa shape index (κ3) is 2.79. The van der Waals surface area contributed by atoms with Crippen molar-refractivity contribution in [3.05, 3.63) is 35.4 Å². The van der Waals surface area contributed by atoms with Gasteiger partial charge in [0.15, 0.2) is 0 Å². The fourth-order valence-electron chi connectivity index (χ4n) is 2.31. The van der Waals surface area contributed by atoms with Crippen molar-refractivity contribution in [2.45, 2.75) is 31.8 Å². The van der Waals surface area contributed by atoms with Crippen LogP contribution in [0.5, 0.6) is 0 Å². The number of nitrogens with two attached hydrogens (primary N) is 1. The van der Waals surface area contributed by atoms with Crippen molar-refractivity contribution in [3.8, 4) is 0 Å². The van der Waals surface area contributed by atoms with Gasteiger partial charge in [-0.1, -0.05) is 24.3 Å². The van der Waals surface area contributed by atoms with E-state index in [1.165, 1.54) is 11.1 Å². The molecule has 1 aliphatic rings. The van der Waals surface area contributed by atoms with Gasteiger partial charge in [0.05, 0.1) is 6.04 Å². The molecule has 1 aromatic rings. The molecule has 0 unspecified atom stereocenters. The fourth-order valence-corrected chi connectivity index (χ4v) is 2.31. The molecule has 0 heterocycles. The Kier molecular flexibility index (Phi) is 4.54. The van der Waals surface area contributed by atoms with E-state index in [4.69, 9.17) is 5.73 Å². The predicted molar refractivity (Wildman–Crippen MR) is 71.3 cm³/mol. The average Bonchev–Trinajstić information content (AvgIpc) is 2.70. The summed E-state index contributed by atoms with van der Waals surface area (Å²) in [5.74, 6) is 0.0257. The first kappa shape index (κ1) is 14.0. The minimum atomic E-state index is -0.409. The molecule has 17 heavy (non-hydrogen) atoms. The molecule has 94 valence electrons. The number of hydrogen-bond donors (Lipinski definition) is 1. The molecule has 4 heteroatoms. The summed E-state index contributed by atoms with van der Waals surface area (Å²) in [5, 5.41) is 0. The Balaban J connectivity index is 0.00000144. The Hall–Kier alpha value is -1.06. The van der Waals surface area contributed by atoms with Gasteiger partial charge in [-0.05, 0) is 30.9 Å². The second-order valence-corrected chi connectivity index (χ2v) is 4.57. The SMILES string of the molecule is C[C@H](N)C(=O)N(C)C1Cc2ccccc2C1.Cl. The highest BCUT2D eigenvalue weighted by Gasteiger charge is 2.28. The van der Waals surface area contributed by atoms with Gasteiger partial charge in [0.2, 0.25) is 5.91 Å². The molecule has 0 aromatic heterocycles. The summed E-state index contributed by atoms with van der Waals surface area (Å²) < 4.78 is 0. The maximum absolute atomic E-state index is 11.8. The number of hydrogen-bond acceptors (Lipinski definition) is 2. The molecular formula is C13H19ClN2O. The van der Waals surface area contributed by atoms with E-state index in [1.807, 2.05) is 7.05 Å².